The highest BCUT2D eigenvalue weighted by atomic mass is 16.7. The maximum Gasteiger partial charge on any atom is 0.261 e. The minimum absolute atomic E-state index is 0.0513. The first-order valence-corrected chi connectivity index (χ1v) is 20.7. The number of aliphatic hydroxyl groups is 1. The van der Waals surface area contributed by atoms with Crippen LogP contribution in [0.15, 0.2) is 163 Å². The van der Waals surface area contributed by atoms with Gasteiger partial charge in [-0.1, -0.05) is 159 Å². The number of unbranched alkanes of at least 4 members (excludes halogenated alkanes) is 1. The number of rotatable bonds is 13. The lowest BCUT2D eigenvalue weighted by molar-refractivity contribution is -0.153. The van der Waals surface area contributed by atoms with Gasteiger partial charge in [0.1, 0.15) is 17.5 Å². The van der Waals surface area contributed by atoms with Gasteiger partial charge in [0.05, 0.1) is 30.1 Å². The van der Waals surface area contributed by atoms with E-state index in [1.165, 1.54) is 0 Å². The normalized spacial score (nSPS) is 15.8. The van der Waals surface area contributed by atoms with Crippen molar-refractivity contribution in [2.24, 2.45) is 0 Å². The average molecular weight is 794 g/mol. The van der Waals surface area contributed by atoms with E-state index >= 15 is 0 Å². The van der Waals surface area contributed by atoms with E-state index in [0.717, 1.165) is 63.2 Å². The van der Waals surface area contributed by atoms with Gasteiger partial charge in [-0.15, -0.1) is 5.10 Å². The Balaban J connectivity index is 1.10. The molecule has 0 unspecified atom stereocenters. The minimum Gasteiger partial charge on any atom is -0.394 e. The van der Waals surface area contributed by atoms with Crippen molar-refractivity contribution in [3.63, 3.8) is 0 Å². The van der Waals surface area contributed by atoms with Crippen LogP contribution in [0.2, 0.25) is 0 Å². The number of hydrogen-bond donors (Lipinski definition) is 1. The molecule has 10 heteroatoms. The van der Waals surface area contributed by atoms with Crippen LogP contribution < -0.4 is 5.56 Å². The largest absolute Gasteiger partial charge is 0.394 e. The van der Waals surface area contributed by atoms with Gasteiger partial charge in [-0.2, -0.15) is 5.06 Å². The first-order valence-electron chi connectivity index (χ1n) is 20.7. The Morgan fingerprint density at radius 3 is 1.98 bits per heavy atom. The van der Waals surface area contributed by atoms with Crippen LogP contribution in [0.1, 0.15) is 65.9 Å². The second-order valence-corrected chi connectivity index (χ2v) is 15.5. The van der Waals surface area contributed by atoms with E-state index in [-0.39, 0.29) is 24.3 Å². The third-order valence-corrected chi connectivity index (χ3v) is 11.8. The highest BCUT2D eigenvalue weighted by Crippen LogP contribution is 2.43. The van der Waals surface area contributed by atoms with Crippen LogP contribution in [-0.2, 0) is 23.3 Å². The molecule has 3 heterocycles. The molecule has 0 saturated carbocycles. The zero-order chi connectivity index (χ0) is 41.1. The van der Waals surface area contributed by atoms with Crippen LogP contribution in [0.3, 0.4) is 0 Å². The van der Waals surface area contributed by atoms with Crippen LogP contribution in [0, 0.1) is 0 Å². The molecule has 0 amide bonds. The number of hydroxylamine groups is 2. The van der Waals surface area contributed by atoms with Gasteiger partial charge in [-0.25, -0.2) is 9.67 Å². The van der Waals surface area contributed by atoms with Gasteiger partial charge in [0.25, 0.3) is 5.56 Å². The molecule has 1 aliphatic rings. The molecule has 0 bridgehead atoms. The zero-order valence-electron chi connectivity index (χ0n) is 33.8. The summed E-state index contributed by atoms with van der Waals surface area (Å²) in [6, 6.07) is 53.7. The second-order valence-electron chi connectivity index (χ2n) is 15.5. The Bertz CT molecular complexity index is 2680. The van der Waals surface area contributed by atoms with Gasteiger partial charge >= 0.3 is 0 Å². The molecule has 60 heavy (non-hydrogen) atoms. The van der Waals surface area contributed by atoms with Crippen molar-refractivity contribution in [3.05, 3.63) is 202 Å². The molecule has 1 fully saturated rings. The van der Waals surface area contributed by atoms with Gasteiger partial charge in [0, 0.05) is 19.0 Å². The molecule has 6 aromatic carbocycles. The van der Waals surface area contributed by atoms with E-state index < -0.39 is 5.54 Å². The predicted octanol–water partition coefficient (Wildman–Crippen LogP) is 8.62. The van der Waals surface area contributed by atoms with Gasteiger partial charge in [-0.05, 0) is 74.3 Å². The molecule has 0 spiro atoms. The average Bonchev–Trinajstić information content (AvgIpc) is 3.95. The minimum atomic E-state index is -0.889. The molecule has 1 saturated heterocycles. The summed E-state index contributed by atoms with van der Waals surface area (Å²) in [6.07, 6.45) is 3.01. The summed E-state index contributed by atoms with van der Waals surface area (Å²) in [7, 11) is 1.87. The number of tetrazole rings is 1. The number of nitrogens with zero attached hydrogens (tertiary/aromatic N) is 7. The molecule has 1 N–H and O–H groups in total. The summed E-state index contributed by atoms with van der Waals surface area (Å²) in [6.45, 7) is 2.48. The molecule has 0 aliphatic carbocycles. The summed E-state index contributed by atoms with van der Waals surface area (Å²) in [5.74, 6) is 1.41. The van der Waals surface area contributed by atoms with Crippen LogP contribution in [0.25, 0.3) is 33.4 Å². The molecule has 10 nitrogen and oxygen atoms in total. The number of aliphatic hydroxyl groups excluding tert-OH is 1. The van der Waals surface area contributed by atoms with Crippen molar-refractivity contribution in [2.45, 2.75) is 56.8 Å². The third-order valence-electron chi connectivity index (χ3n) is 11.8. The molecule has 2 aromatic heterocycles. The fourth-order valence-electron chi connectivity index (χ4n) is 8.77. The van der Waals surface area contributed by atoms with Gasteiger partial charge in [0.15, 0.2) is 5.82 Å². The predicted molar refractivity (Wildman–Crippen MR) is 234 cm³/mol. The van der Waals surface area contributed by atoms with Gasteiger partial charge < -0.3 is 5.11 Å². The lowest BCUT2D eigenvalue weighted by Crippen LogP contribution is -2.39. The Hall–Kier alpha value is -6.59. The standard InChI is InChI=1S/C50H47N7O3/c1-3-4-24-47-51-45-30-29-37(46-32-41(34-58)60-55(46)2)31-44(45)49(59)56(47)33-35-25-27-36(28-26-35)42-22-14-15-23-43(42)48-52-53-54-57(48)50(38-16-8-5-9-17-38,39-18-10-6-11-19-39)40-20-12-7-13-21-40/h5-23,25-31,41,46,58H,3-4,24,32-34H2,1-2H3/t41-,46-/m0/s1. The topological polar surface area (TPSA) is 111 Å². The number of fused-ring (bicyclic) bond motifs is 1. The number of hydrogen-bond acceptors (Lipinski definition) is 8. The number of benzene rings is 6. The Morgan fingerprint density at radius 1 is 0.767 bits per heavy atom. The fourth-order valence-corrected chi connectivity index (χ4v) is 8.77. The van der Waals surface area contributed by atoms with Crippen LogP contribution in [-0.4, -0.2) is 59.7 Å². The lowest BCUT2D eigenvalue weighted by Gasteiger charge is -2.36. The van der Waals surface area contributed by atoms with E-state index in [2.05, 4.69) is 121 Å². The van der Waals surface area contributed by atoms with Crippen LogP contribution >= 0.6 is 0 Å². The van der Waals surface area contributed by atoms with Crippen molar-refractivity contribution in [2.75, 3.05) is 13.7 Å². The molecule has 8 aromatic rings. The summed E-state index contributed by atoms with van der Waals surface area (Å²) in [4.78, 5) is 25.2. The highest BCUT2D eigenvalue weighted by molar-refractivity contribution is 5.81. The highest BCUT2D eigenvalue weighted by Gasteiger charge is 2.42. The molecule has 1 aliphatic heterocycles. The number of aromatic nitrogens is 6. The first kappa shape index (κ1) is 38.9. The molecule has 9 rings (SSSR count). The maximum atomic E-state index is 14.4. The number of aryl methyl sites for hydroxylation is 1. The van der Waals surface area contributed by atoms with Crippen molar-refractivity contribution in [1.82, 2.24) is 34.8 Å². The van der Waals surface area contributed by atoms with E-state index in [0.29, 0.717) is 36.1 Å². The maximum absolute atomic E-state index is 14.4. The van der Waals surface area contributed by atoms with Crippen molar-refractivity contribution >= 4 is 10.9 Å². The summed E-state index contributed by atoms with van der Waals surface area (Å²) >= 11 is 0. The van der Waals surface area contributed by atoms with Crippen LogP contribution in [0.5, 0.6) is 0 Å². The smallest absolute Gasteiger partial charge is 0.261 e. The van der Waals surface area contributed by atoms with Crippen LogP contribution in [0.4, 0.5) is 0 Å². The van der Waals surface area contributed by atoms with E-state index in [9.17, 15) is 9.90 Å². The Kier molecular flexibility index (Phi) is 11.0. The zero-order valence-corrected chi connectivity index (χ0v) is 33.8. The monoisotopic (exact) mass is 793 g/mol. The van der Waals surface area contributed by atoms with E-state index in [1.54, 1.807) is 5.06 Å². The summed E-state index contributed by atoms with van der Waals surface area (Å²) in [5.41, 5.74) is 7.65. The Labute approximate surface area is 349 Å². The molecular weight excluding hydrogens is 747 g/mol. The quantitative estimate of drug-likeness (QED) is 0.116. The second kappa shape index (κ2) is 16.9. The van der Waals surface area contributed by atoms with Crippen molar-refractivity contribution in [3.8, 4) is 22.5 Å². The fraction of sp³-hybridized carbons (Fsp3) is 0.220. The third kappa shape index (κ3) is 7.12. The Morgan fingerprint density at radius 2 is 1.38 bits per heavy atom. The first-order chi connectivity index (χ1) is 29.5. The van der Waals surface area contributed by atoms with Crippen molar-refractivity contribution in [1.29, 1.82) is 0 Å². The van der Waals surface area contributed by atoms with Crippen molar-refractivity contribution < 1.29 is 9.94 Å². The van der Waals surface area contributed by atoms with E-state index in [4.69, 9.17) is 20.1 Å². The lowest BCUT2D eigenvalue weighted by atomic mass is 9.77. The molecule has 0 radical (unpaired) electrons. The summed E-state index contributed by atoms with van der Waals surface area (Å²) < 4.78 is 3.80. The summed E-state index contributed by atoms with van der Waals surface area (Å²) in [5, 5.41) is 25.9. The molecule has 2 atom stereocenters. The van der Waals surface area contributed by atoms with E-state index in [1.807, 2.05) is 64.8 Å². The SMILES string of the molecule is CCCCc1nc2ccc([C@@H]3C[C@@H](CO)ON3C)cc2c(=O)n1Cc1ccc(-c2ccccc2-c2nnnn2C(c2ccccc2)(c2ccccc2)c2ccccc2)cc1. The van der Waals surface area contributed by atoms with Gasteiger partial charge in [-0.3, -0.25) is 14.2 Å². The van der Waals surface area contributed by atoms with Gasteiger partial charge in [0.2, 0.25) is 0 Å². The molecular formula is C50H47N7O3. The molecule has 300 valence electrons.